The van der Waals surface area contributed by atoms with Gasteiger partial charge in [-0.15, -0.1) is 11.3 Å². The average molecular weight is 495 g/mol. The third kappa shape index (κ3) is 4.17. The third-order valence-corrected chi connectivity index (χ3v) is 6.84. The number of nitrogens with zero attached hydrogens (tertiary/aromatic N) is 3. The van der Waals surface area contributed by atoms with Gasteiger partial charge in [0.25, 0.3) is 0 Å². The lowest BCUT2D eigenvalue weighted by atomic mass is 10.1. The summed E-state index contributed by atoms with van der Waals surface area (Å²) in [5, 5.41) is 8.88. The van der Waals surface area contributed by atoms with Crippen LogP contribution in [0.2, 0.25) is 5.02 Å². The van der Waals surface area contributed by atoms with Gasteiger partial charge in [0.2, 0.25) is 5.95 Å². The zero-order chi connectivity index (χ0) is 20.5. The van der Waals surface area contributed by atoms with E-state index in [4.69, 9.17) is 16.3 Å². The van der Waals surface area contributed by atoms with Crippen molar-refractivity contribution in [3.8, 4) is 0 Å². The molecule has 0 radical (unpaired) electrons. The van der Waals surface area contributed by atoms with E-state index in [1.807, 2.05) is 30.5 Å². The lowest BCUT2D eigenvalue weighted by Crippen LogP contribution is -2.25. The van der Waals surface area contributed by atoms with Crippen LogP contribution in [0.5, 0.6) is 0 Å². The van der Waals surface area contributed by atoms with Crippen molar-refractivity contribution in [1.29, 1.82) is 0 Å². The van der Waals surface area contributed by atoms with Crippen LogP contribution in [-0.4, -0.2) is 29.7 Å². The van der Waals surface area contributed by atoms with Gasteiger partial charge in [-0.05, 0) is 52.2 Å². The highest BCUT2D eigenvalue weighted by Crippen LogP contribution is 2.34. The summed E-state index contributed by atoms with van der Waals surface area (Å²) in [6.45, 7) is 2.36. The molecule has 150 valence electrons. The number of nitrogens with one attached hydrogen (secondary N) is 2. The Hall–Kier alpha value is -2.36. The van der Waals surface area contributed by atoms with Gasteiger partial charge in [-0.1, -0.05) is 11.6 Å². The molecule has 1 aromatic carbocycles. The molecule has 3 aromatic rings. The van der Waals surface area contributed by atoms with Gasteiger partial charge in [-0.2, -0.15) is 4.98 Å². The van der Waals surface area contributed by atoms with Gasteiger partial charge >= 0.3 is 6.09 Å². The molecule has 0 saturated carbocycles. The second-order valence-corrected chi connectivity index (χ2v) is 9.06. The quantitative estimate of drug-likeness (QED) is 0.471. The molecule has 10 heteroatoms. The number of thiophene rings is 1. The summed E-state index contributed by atoms with van der Waals surface area (Å²) in [4.78, 5) is 22.1. The van der Waals surface area contributed by atoms with Crippen molar-refractivity contribution < 1.29 is 9.53 Å². The van der Waals surface area contributed by atoms with Crippen molar-refractivity contribution in [1.82, 2.24) is 9.97 Å². The molecule has 0 bridgehead atoms. The Bertz CT molecular complexity index is 1090. The minimum atomic E-state index is -0.350. The molecular formula is C19H17BrClN5O2S. The average Bonchev–Trinajstić information content (AvgIpc) is 2.94. The largest absolute Gasteiger partial charge is 0.449 e. The fourth-order valence-electron chi connectivity index (χ4n) is 2.92. The van der Waals surface area contributed by atoms with E-state index < -0.39 is 0 Å². The first-order valence-corrected chi connectivity index (χ1v) is 10.8. The van der Waals surface area contributed by atoms with Gasteiger partial charge in [0, 0.05) is 24.5 Å². The van der Waals surface area contributed by atoms with Gasteiger partial charge in [0.15, 0.2) is 5.82 Å². The first kappa shape index (κ1) is 19.9. The van der Waals surface area contributed by atoms with Crippen LogP contribution in [0.15, 0.2) is 33.6 Å². The number of halogens is 2. The zero-order valence-corrected chi connectivity index (χ0v) is 18.8. The maximum atomic E-state index is 11.8. The van der Waals surface area contributed by atoms with E-state index in [-0.39, 0.29) is 6.09 Å². The highest BCUT2D eigenvalue weighted by Gasteiger charge is 2.20. The Kier molecular flexibility index (Phi) is 5.62. The number of amides is 1. The third-order valence-electron chi connectivity index (χ3n) is 4.54. The predicted octanol–water partition coefficient (Wildman–Crippen LogP) is 5.88. The molecule has 0 atom stereocenters. The molecule has 0 spiro atoms. The first-order chi connectivity index (χ1) is 13.9. The molecule has 2 aromatic heterocycles. The van der Waals surface area contributed by atoms with Crippen LogP contribution in [0.25, 0.3) is 0 Å². The van der Waals surface area contributed by atoms with Crippen LogP contribution >= 0.6 is 38.9 Å². The maximum Gasteiger partial charge on any atom is 0.414 e. The Balaban J connectivity index is 1.58. The molecule has 3 heterocycles. The molecule has 0 unspecified atom stereocenters. The van der Waals surface area contributed by atoms with Gasteiger partial charge in [-0.25, -0.2) is 9.78 Å². The zero-order valence-electron chi connectivity index (χ0n) is 15.6. The minimum absolute atomic E-state index is 0.348. The normalized spacial score (nSPS) is 13.5. The molecule has 2 N–H and O–H groups in total. The smallest absolute Gasteiger partial charge is 0.414 e. The SMILES string of the molecule is Cc1c(Nc2nc(Nc3ccc4c(c3)CCOC(=O)N4C)ncc2Cl)csc1Br. The monoisotopic (exact) mass is 493 g/mol. The van der Waals surface area contributed by atoms with Gasteiger partial charge < -0.3 is 15.4 Å². The lowest BCUT2D eigenvalue weighted by Gasteiger charge is -2.17. The molecule has 0 fully saturated rings. The summed E-state index contributed by atoms with van der Waals surface area (Å²) in [5.74, 6) is 0.934. The molecule has 0 aliphatic carbocycles. The standard InChI is InChI=1S/C19H17BrClN5O2S/c1-10-14(9-29-16(10)20)24-17-13(21)8-22-18(25-17)23-12-3-4-15-11(7-12)5-6-28-19(27)26(15)2/h3-4,7-9H,5-6H2,1-2H3,(H2,22,23,24,25). The number of carbonyl (C=O) groups excluding carboxylic acids is 1. The highest BCUT2D eigenvalue weighted by atomic mass is 79.9. The van der Waals surface area contributed by atoms with Crippen LogP contribution in [0.3, 0.4) is 0 Å². The van der Waals surface area contributed by atoms with E-state index in [1.165, 1.54) is 4.90 Å². The van der Waals surface area contributed by atoms with E-state index in [0.29, 0.717) is 29.8 Å². The van der Waals surface area contributed by atoms with Crippen molar-refractivity contribution in [2.24, 2.45) is 0 Å². The van der Waals surface area contributed by atoms with Gasteiger partial charge in [-0.3, -0.25) is 4.90 Å². The minimum Gasteiger partial charge on any atom is -0.449 e. The summed E-state index contributed by atoms with van der Waals surface area (Å²) >= 11 is 11.4. The van der Waals surface area contributed by atoms with E-state index in [1.54, 1.807) is 24.6 Å². The number of ether oxygens (including phenoxy) is 1. The second kappa shape index (κ2) is 8.17. The highest BCUT2D eigenvalue weighted by molar-refractivity contribution is 9.11. The van der Waals surface area contributed by atoms with E-state index >= 15 is 0 Å². The summed E-state index contributed by atoms with van der Waals surface area (Å²) in [6, 6.07) is 5.73. The Morgan fingerprint density at radius 1 is 1.34 bits per heavy atom. The van der Waals surface area contributed by atoms with Crippen molar-refractivity contribution >= 4 is 73.8 Å². The lowest BCUT2D eigenvalue weighted by molar-refractivity contribution is 0.159. The Morgan fingerprint density at radius 3 is 2.93 bits per heavy atom. The predicted molar refractivity (Wildman–Crippen MR) is 120 cm³/mol. The van der Waals surface area contributed by atoms with Crippen LogP contribution in [0.1, 0.15) is 11.1 Å². The van der Waals surface area contributed by atoms with Gasteiger partial charge in [0.05, 0.1) is 28.0 Å². The first-order valence-electron chi connectivity index (χ1n) is 8.76. The number of anilines is 5. The number of carbonyl (C=O) groups is 1. The van der Waals surface area contributed by atoms with Gasteiger partial charge in [0.1, 0.15) is 5.02 Å². The second-order valence-electron chi connectivity index (χ2n) is 6.46. The van der Waals surface area contributed by atoms with Crippen LogP contribution < -0.4 is 15.5 Å². The maximum absolute atomic E-state index is 11.8. The summed E-state index contributed by atoms with van der Waals surface area (Å²) in [6.07, 6.45) is 1.85. The van der Waals surface area contributed by atoms with Crippen molar-refractivity contribution in [3.63, 3.8) is 0 Å². The van der Waals surface area contributed by atoms with E-state index in [9.17, 15) is 4.79 Å². The van der Waals surface area contributed by atoms with E-state index in [0.717, 1.165) is 32.0 Å². The number of hydrogen-bond donors (Lipinski definition) is 2. The van der Waals surface area contributed by atoms with Crippen molar-refractivity contribution in [3.05, 3.63) is 49.7 Å². The molecule has 7 nitrogen and oxygen atoms in total. The van der Waals surface area contributed by atoms with Crippen molar-refractivity contribution in [2.45, 2.75) is 13.3 Å². The number of fused-ring (bicyclic) bond motifs is 1. The van der Waals surface area contributed by atoms with Crippen molar-refractivity contribution in [2.75, 3.05) is 29.2 Å². The van der Waals surface area contributed by atoms with Crippen LogP contribution in [-0.2, 0) is 11.2 Å². The Morgan fingerprint density at radius 2 is 2.17 bits per heavy atom. The number of rotatable bonds is 4. The summed E-state index contributed by atoms with van der Waals surface area (Å²) in [5.41, 5.74) is 4.68. The topological polar surface area (TPSA) is 79.4 Å². The molecule has 1 amide bonds. The Labute approximate surface area is 185 Å². The number of benzene rings is 1. The summed E-state index contributed by atoms with van der Waals surface area (Å²) in [7, 11) is 1.70. The molecule has 1 aliphatic rings. The van der Waals surface area contributed by atoms with Crippen LogP contribution in [0, 0.1) is 6.92 Å². The molecule has 4 rings (SSSR count). The molecule has 0 saturated heterocycles. The number of hydrogen-bond acceptors (Lipinski definition) is 7. The van der Waals surface area contributed by atoms with E-state index in [2.05, 4.69) is 36.5 Å². The fraction of sp³-hybridized carbons (Fsp3) is 0.211. The number of aromatic nitrogens is 2. The molecule has 29 heavy (non-hydrogen) atoms. The fourth-order valence-corrected chi connectivity index (χ4v) is 4.30. The molecule has 1 aliphatic heterocycles. The molecular weight excluding hydrogens is 478 g/mol. The van der Waals surface area contributed by atoms with Crippen LogP contribution in [0.4, 0.5) is 33.6 Å². The number of cyclic esters (lactones) is 1. The summed E-state index contributed by atoms with van der Waals surface area (Å²) < 4.78 is 6.23.